The van der Waals surface area contributed by atoms with Crippen molar-refractivity contribution in [3.8, 4) is 6.07 Å². The van der Waals surface area contributed by atoms with Crippen LogP contribution in [0.1, 0.15) is 17.5 Å². The van der Waals surface area contributed by atoms with Gasteiger partial charge in [-0.05, 0) is 29.8 Å². The highest BCUT2D eigenvalue weighted by Gasteiger charge is 2.21. The largest absolute Gasteiger partial charge is 0.352 e. The van der Waals surface area contributed by atoms with Crippen LogP contribution in [0.4, 0.5) is 5.69 Å². The predicted molar refractivity (Wildman–Crippen MR) is 101 cm³/mol. The summed E-state index contributed by atoms with van der Waals surface area (Å²) >= 11 is 5.81. The van der Waals surface area contributed by atoms with Gasteiger partial charge in [0.15, 0.2) is 0 Å². The van der Waals surface area contributed by atoms with E-state index in [0.717, 1.165) is 16.1 Å². The minimum absolute atomic E-state index is 0.0274. The topological polar surface area (TPSA) is 90.3 Å². The van der Waals surface area contributed by atoms with Crippen LogP contribution in [0.25, 0.3) is 0 Å². The number of para-hydroxylation sites is 1. The molecule has 2 aromatic carbocycles. The molecule has 0 aliphatic carbocycles. The van der Waals surface area contributed by atoms with Crippen molar-refractivity contribution in [2.75, 3.05) is 17.1 Å². The van der Waals surface area contributed by atoms with Gasteiger partial charge in [0.2, 0.25) is 15.9 Å². The number of anilines is 1. The molecule has 0 saturated heterocycles. The van der Waals surface area contributed by atoms with E-state index in [9.17, 15) is 18.5 Å². The lowest BCUT2D eigenvalue weighted by Crippen LogP contribution is -2.35. The van der Waals surface area contributed by atoms with Crippen molar-refractivity contribution in [2.45, 2.75) is 13.0 Å². The smallest absolute Gasteiger partial charge is 0.232 e. The number of sulfonamides is 1. The molecule has 0 aliphatic rings. The van der Waals surface area contributed by atoms with Crippen molar-refractivity contribution >= 4 is 33.2 Å². The third kappa shape index (κ3) is 5.48. The molecule has 0 spiro atoms. The van der Waals surface area contributed by atoms with Crippen LogP contribution in [-0.4, -0.2) is 27.1 Å². The highest BCUT2D eigenvalue weighted by atomic mass is 35.5. The maximum atomic E-state index is 12.1. The SMILES string of the molecule is CS(=O)(=O)N(CCC(=O)NCc1ccc(Cl)cc1)c1ccccc1C#N. The second-order valence-electron chi connectivity index (χ2n) is 5.62. The number of amides is 1. The van der Waals surface area contributed by atoms with Crippen LogP contribution in [0.3, 0.4) is 0 Å². The van der Waals surface area contributed by atoms with E-state index in [1.165, 1.54) is 6.07 Å². The summed E-state index contributed by atoms with van der Waals surface area (Å²) in [5.41, 5.74) is 1.39. The van der Waals surface area contributed by atoms with Crippen LogP contribution < -0.4 is 9.62 Å². The number of benzene rings is 2. The molecule has 6 nitrogen and oxygen atoms in total. The molecule has 2 aromatic rings. The quantitative estimate of drug-likeness (QED) is 0.785. The van der Waals surface area contributed by atoms with Crippen LogP contribution >= 0.6 is 11.6 Å². The van der Waals surface area contributed by atoms with Crippen LogP contribution in [0, 0.1) is 11.3 Å². The lowest BCUT2D eigenvalue weighted by atomic mass is 10.2. The van der Waals surface area contributed by atoms with Gasteiger partial charge in [-0.3, -0.25) is 9.10 Å². The number of hydrogen-bond acceptors (Lipinski definition) is 4. The maximum absolute atomic E-state index is 12.1. The fourth-order valence-electron chi connectivity index (χ4n) is 2.34. The molecular weight excluding hydrogens is 374 g/mol. The number of nitrogens with one attached hydrogen (secondary N) is 1. The first-order chi connectivity index (χ1) is 12.3. The zero-order valence-corrected chi connectivity index (χ0v) is 15.7. The summed E-state index contributed by atoms with van der Waals surface area (Å²) in [6.45, 7) is 0.271. The molecule has 1 amide bonds. The summed E-state index contributed by atoms with van der Waals surface area (Å²) in [5.74, 6) is -0.289. The highest BCUT2D eigenvalue weighted by Crippen LogP contribution is 2.22. The molecule has 0 unspecified atom stereocenters. The summed E-state index contributed by atoms with van der Waals surface area (Å²) in [6, 6.07) is 15.4. The molecule has 0 aromatic heterocycles. The van der Waals surface area contributed by atoms with Gasteiger partial charge in [0.05, 0.1) is 17.5 Å². The molecular formula is C18H18ClN3O3S. The second-order valence-corrected chi connectivity index (χ2v) is 7.96. The fourth-order valence-corrected chi connectivity index (χ4v) is 3.41. The fraction of sp³-hybridized carbons (Fsp3) is 0.222. The first-order valence-corrected chi connectivity index (χ1v) is 10.0. The molecule has 8 heteroatoms. The number of halogens is 1. The van der Waals surface area contributed by atoms with Gasteiger partial charge in [-0.15, -0.1) is 0 Å². The molecule has 0 radical (unpaired) electrons. The summed E-state index contributed by atoms with van der Waals surface area (Å²) in [4.78, 5) is 12.1. The van der Waals surface area contributed by atoms with Gasteiger partial charge in [-0.2, -0.15) is 5.26 Å². The molecule has 0 heterocycles. The Kier molecular flexibility index (Phi) is 6.61. The van der Waals surface area contributed by atoms with Gasteiger partial charge >= 0.3 is 0 Å². The number of hydrogen-bond donors (Lipinski definition) is 1. The van der Waals surface area contributed by atoms with Gasteiger partial charge in [0.25, 0.3) is 0 Å². The first-order valence-electron chi connectivity index (χ1n) is 7.79. The molecule has 0 atom stereocenters. The van der Waals surface area contributed by atoms with Crippen LogP contribution in [-0.2, 0) is 21.4 Å². The minimum Gasteiger partial charge on any atom is -0.352 e. The Hall–Kier alpha value is -2.56. The van der Waals surface area contributed by atoms with E-state index < -0.39 is 10.0 Å². The van der Waals surface area contributed by atoms with Gasteiger partial charge in [0, 0.05) is 24.5 Å². The Balaban J connectivity index is 2.02. The number of carbonyl (C=O) groups excluding carboxylic acids is 1. The van der Waals surface area contributed by atoms with Gasteiger partial charge < -0.3 is 5.32 Å². The summed E-state index contributed by atoms with van der Waals surface area (Å²) in [7, 11) is -3.63. The van der Waals surface area contributed by atoms with Gasteiger partial charge in [-0.1, -0.05) is 35.9 Å². The standard InChI is InChI=1S/C18H18ClN3O3S/c1-26(24,25)22(17-5-3-2-4-15(17)12-20)11-10-18(23)21-13-14-6-8-16(19)9-7-14/h2-9H,10-11,13H2,1H3,(H,21,23). The van der Waals surface area contributed by atoms with Crippen molar-refractivity contribution in [3.05, 3.63) is 64.7 Å². The highest BCUT2D eigenvalue weighted by molar-refractivity contribution is 7.92. The van der Waals surface area contributed by atoms with E-state index in [4.69, 9.17) is 11.6 Å². The summed E-state index contributed by atoms with van der Waals surface area (Å²) < 4.78 is 25.3. The first kappa shape index (κ1) is 19.8. The Morgan fingerprint density at radius 3 is 2.46 bits per heavy atom. The van der Waals surface area contributed by atoms with Crippen molar-refractivity contribution in [3.63, 3.8) is 0 Å². The average molecular weight is 392 g/mol. The Labute approximate surface area is 158 Å². The Bertz CT molecular complexity index is 921. The minimum atomic E-state index is -3.63. The Morgan fingerprint density at radius 1 is 1.19 bits per heavy atom. The zero-order chi connectivity index (χ0) is 19.2. The van der Waals surface area contributed by atoms with Gasteiger partial charge in [0.1, 0.15) is 6.07 Å². The molecule has 136 valence electrons. The van der Waals surface area contributed by atoms with Crippen molar-refractivity contribution in [1.29, 1.82) is 5.26 Å². The van der Waals surface area contributed by atoms with E-state index in [0.29, 0.717) is 11.6 Å². The Morgan fingerprint density at radius 2 is 1.85 bits per heavy atom. The molecule has 0 saturated carbocycles. The third-order valence-electron chi connectivity index (χ3n) is 3.64. The van der Waals surface area contributed by atoms with Crippen LogP contribution in [0.15, 0.2) is 48.5 Å². The number of nitrogens with zero attached hydrogens (tertiary/aromatic N) is 2. The second kappa shape index (κ2) is 8.70. The van der Waals surface area contributed by atoms with Crippen LogP contribution in [0.2, 0.25) is 5.02 Å². The molecule has 1 N–H and O–H groups in total. The molecule has 0 aliphatic heterocycles. The van der Waals surface area contributed by atoms with Crippen molar-refractivity contribution in [1.82, 2.24) is 5.32 Å². The molecule has 0 fully saturated rings. The lowest BCUT2D eigenvalue weighted by Gasteiger charge is -2.23. The van der Waals surface area contributed by atoms with E-state index >= 15 is 0 Å². The lowest BCUT2D eigenvalue weighted by molar-refractivity contribution is -0.121. The number of rotatable bonds is 7. The number of nitriles is 1. The molecule has 26 heavy (non-hydrogen) atoms. The monoisotopic (exact) mass is 391 g/mol. The van der Waals surface area contributed by atoms with Gasteiger partial charge in [-0.25, -0.2) is 8.42 Å². The third-order valence-corrected chi connectivity index (χ3v) is 5.07. The maximum Gasteiger partial charge on any atom is 0.232 e. The molecule has 2 rings (SSSR count). The summed E-state index contributed by atoms with van der Waals surface area (Å²) in [6.07, 6.45) is 1.02. The predicted octanol–water partition coefficient (Wildman–Crippen LogP) is 2.68. The normalized spacial score (nSPS) is 10.8. The van der Waals surface area contributed by atoms with Crippen molar-refractivity contribution in [2.24, 2.45) is 0 Å². The van der Waals surface area contributed by atoms with Crippen molar-refractivity contribution < 1.29 is 13.2 Å². The number of carbonyl (C=O) groups is 1. The van der Waals surface area contributed by atoms with Crippen LogP contribution in [0.5, 0.6) is 0 Å². The zero-order valence-electron chi connectivity index (χ0n) is 14.1. The molecule has 0 bridgehead atoms. The van der Waals surface area contributed by atoms with E-state index in [1.54, 1.807) is 42.5 Å². The van der Waals surface area contributed by atoms with E-state index in [1.807, 2.05) is 6.07 Å². The van der Waals surface area contributed by atoms with E-state index in [-0.39, 0.29) is 30.1 Å². The average Bonchev–Trinajstić information content (AvgIpc) is 2.60. The summed E-state index contributed by atoms with van der Waals surface area (Å²) in [5, 5.41) is 12.5. The van der Waals surface area contributed by atoms with E-state index in [2.05, 4.69) is 5.32 Å².